The summed E-state index contributed by atoms with van der Waals surface area (Å²) in [5.74, 6) is 0.736. The zero-order valence-electron chi connectivity index (χ0n) is 20.6. The van der Waals surface area contributed by atoms with Gasteiger partial charge >= 0.3 is 0 Å². The van der Waals surface area contributed by atoms with E-state index in [1.807, 2.05) is 0 Å². The zero-order chi connectivity index (χ0) is 27.0. The minimum atomic E-state index is -3.24. The van der Waals surface area contributed by atoms with Gasteiger partial charge in [-0.3, -0.25) is 4.79 Å². The first-order chi connectivity index (χ1) is 18.1. The number of halogens is 2. The predicted octanol–water partition coefficient (Wildman–Crippen LogP) is 3.96. The first kappa shape index (κ1) is 26.6. The van der Waals surface area contributed by atoms with Crippen molar-refractivity contribution in [1.29, 1.82) is 0 Å². The van der Waals surface area contributed by atoms with Crippen molar-refractivity contribution in [2.24, 2.45) is 5.73 Å². The third kappa shape index (κ3) is 5.56. The number of hydrogen-bond acceptors (Lipinski definition) is 8. The summed E-state index contributed by atoms with van der Waals surface area (Å²) in [7, 11) is -3.24. The first-order valence-corrected chi connectivity index (χ1v) is 15.0. The van der Waals surface area contributed by atoms with E-state index in [0.29, 0.717) is 51.7 Å². The minimum absolute atomic E-state index is 0.00816. The first-order valence-electron chi connectivity index (χ1n) is 12.2. The highest BCUT2D eigenvalue weighted by Crippen LogP contribution is 2.32. The fourth-order valence-corrected chi connectivity index (χ4v) is 5.88. The normalized spacial score (nSPS) is 16.8. The molecule has 2 aromatic carbocycles. The van der Waals surface area contributed by atoms with Crippen molar-refractivity contribution in [3.8, 4) is 0 Å². The average molecular weight is 577 g/mol. The van der Waals surface area contributed by atoms with Crippen LogP contribution in [0.5, 0.6) is 0 Å². The number of aromatic nitrogens is 4. The Balaban J connectivity index is 1.50. The van der Waals surface area contributed by atoms with Crippen molar-refractivity contribution in [3.63, 3.8) is 0 Å². The van der Waals surface area contributed by atoms with Crippen LogP contribution in [0.1, 0.15) is 41.5 Å². The molecule has 5 rings (SSSR count). The number of aromatic amines is 1. The van der Waals surface area contributed by atoms with Crippen LogP contribution in [0, 0.1) is 0 Å². The van der Waals surface area contributed by atoms with Crippen LogP contribution in [0.3, 0.4) is 0 Å². The second kappa shape index (κ2) is 10.6. The Morgan fingerprint density at radius 1 is 1.24 bits per heavy atom. The van der Waals surface area contributed by atoms with Crippen LogP contribution in [-0.2, 0) is 9.84 Å². The van der Waals surface area contributed by atoms with Crippen LogP contribution in [0.4, 0.5) is 5.82 Å². The Morgan fingerprint density at radius 3 is 2.82 bits per heavy atom. The molecule has 4 N–H and O–H groups in total. The lowest BCUT2D eigenvalue weighted by Crippen LogP contribution is -2.40. The van der Waals surface area contributed by atoms with Crippen LogP contribution in [-0.4, -0.2) is 70.3 Å². The molecule has 1 saturated heterocycles. The van der Waals surface area contributed by atoms with E-state index in [0.717, 1.165) is 18.4 Å². The molecule has 0 spiro atoms. The maximum Gasteiger partial charge on any atom is 0.255 e. The number of fused-ring (bicyclic) bond motifs is 2. The molecule has 10 nitrogen and oxygen atoms in total. The van der Waals surface area contributed by atoms with Gasteiger partial charge in [-0.15, -0.1) is 0 Å². The van der Waals surface area contributed by atoms with Gasteiger partial charge in [0.05, 0.1) is 38.9 Å². The lowest BCUT2D eigenvalue weighted by atomic mass is 10.1. The molecule has 2 atom stereocenters. The molecule has 0 unspecified atom stereocenters. The molecule has 1 fully saturated rings. The summed E-state index contributed by atoms with van der Waals surface area (Å²) in [5, 5.41) is 4.74. The number of amides is 1. The van der Waals surface area contributed by atoms with Gasteiger partial charge in [-0.2, -0.15) is 0 Å². The quantitative estimate of drug-likeness (QED) is 0.286. The van der Waals surface area contributed by atoms with Gasteiger partial charge in [0.2, 0.25) is 0 Å². The van der Waals surface area contributed by atoms with Gasteiger partial charge in [0.1, 0.15) is 27.8 Å². The lowest BCUT2D eigenvalue weighted by Gasteiger charge is -2.24. The number of carbonyl (C=O) groups excluding carboxylic acids is 1. The number of imidazole rings is 1. The number of nitrogens with one attached hydrogen (secondary N) is 2. The summed E-state index contributed by atoms with van der Waals surface area (Å²) in [6.07, 6.45) is 4.58. The van der Waals surface area contributed by atoms with Crippen molar-refractivity contribution in [1.82, 2.24) is 24.8 Å². The van der Waals surface area contributed by atoms with E-state index in [4.69, 9.17) is 28.9 Å². The number of carbonyl (C=O) groups is 1. The summed E-state index contributed by atoms with van der Waals surface area (Å²) < 4.78 is 24.0. The molecule has 0 bridgehead atoms. The van der Waals surface area contributed by atoms with Crippen molar-refractivity contribution >= 4 is 66.7 Å². The van der Waals surface area contributed by atoms with Gasteiger partial charge in [-0.05, 0) is 49.6 Å². The Bertz CT molecular complexity index is 1630. The van der Waals surface area contributed by atoms with E-state index in [2.05, 4.69) is 25.3 Å². The second-order valence-corrected chi connectivity index (χ2v) is 12.6. The predicted molar refractivity (Wildman–Crippen MR) is 149 cm³/mol. The number of likely N-dealkylation sites (tertiary alicyclic amines) is 1. The van der Waals surface area contributed by atoms with E-state index >= 15 is 0 Å². The standard InChI is InChI=1S/C25H27Cl2N7O3S/c1-38(36,37)8-6-20(24-31-19-5-4-14(26)9-22(19)33-24)32-23-17-10-18(27)16(11-21(17)29-13-30-23)25(35)34-7-2-3-15(34)12-28/h4-5,9-11,13,15,20H,2-3,6-8,12,28H2,1H3,(H,31,33)(H,29,30,32)/t15-,20+/m1/s1. The molecule has 1 aliphatic rings. The van der Waals surface area contributed by atoms with E-state index in [9.17, 15) is 13.2 Å². The number of hydrogen-bond donors (Lipinski definition) is 3. The van der Waals surface area contributed by atoms with Crippen LogP contribution < -0.4 is 11.1 Å². The van der Waals surface area contributed by atoms with Crippen molar-refractivity contribution in [3.05, 3.63) is 58.1 Å². The zero-order valence-corrected chi connectivity index (χ0v) is 22.9. The fraction of sp³-hybridized carbons (Fsp3) is 0.360. The van der Waals surface area contributed by atoms with Gasteiger partial charge in [-0.25, -0.2) is 23.4 Å². The summed E-state index contributed by atoms with van der Waals surface area (Å²) in [5.41, 5.74) is 8.17. The monoisotopic (exact) mass is 575 g/mol. The maximum atomic E-state index is 13.3. The lowest BCUT2D eigenvalue weighted by molar-refractivity contribution is 0.0741. The summed E-state index contributed by atoms with van der Waals surface area (Å²) in [6.45, 7) is 1.03. The average Bonchev–Trinajstić information content (AvgIpc) is 3.52. The van der Waals surface area contributed by atoms with Crippen LogP contribution in [0.25, 0.3) is 21.9 Å². The van der Waals surface area contributed by atoms with Crippen molar-refractivity contribution < 1.29 is 13.2 Å². The summed E-state index contributed by atoms with van der Waals surface area (Å²) >= 11 is 12.7. The number of H-pyrrole nitrogens is 1. The third-order valence-electron chi connectivity index (χ3n) is 6.75. The second-order valence-electron chi connectivity index (χ2n) is 9.50. The number of anilines is 1. The van der Waals surface area contributed by atoms with Gasteiger partial charge in [0.15, 0.2) is 0 Å². The third-order valence-corrected chi connectivity index (χ3v) is 8.27. The topological polar surface area (TPSA) is 147 Å². The largest absolute Gasteiger partial charge is 0.359 e. The Morgan fingerprint density at radius 2 is 2.05 bits per heavy atom. The SMILES string of the molecule is CS(=O)(=O)CC[C@H](Nc1ncnc2cc(C(=O)N3CCC[C@@H]3CN)c(Cl)cc12)c1nc2ccc(Cl)cc2[nH]1. The fourth-order valence-electron chi connectivity index (χ4n) is 4.80. The molecular weight excluding hydrogens is 549 g/mol. The Labute approximate surface area is 229 Å². The van der Waals surface area contributed by atoms with Gasteiger partial charge in [0.25, 0.3) is 5.91 Å². The number of benzene rings is 2. The molecule has 4 aromatic rings. The molecule has 13 heteroatoms. The Hall–Kier alpha value is -2.99. The molecule has 2 aromatic heterocycles. The number of rotatable bonds is 8. The molecule has 0 aliphatic carbocycles. The van der Waals surface area contributed by atoms with Crippen LogP contribution in [0.15, 0.2) is 36.7 Å². The van der Waals surface area contributed by atoms with Crippen LogP contribution >= 0.6 is 23.2 Å². The van der Waals surface area contributed by atoms with Gasteiger partial charge in [-0.1, -0.05) is 23.2 Å². The molecule has 38 heavy (non-hydrogen) atoms. The number of nitrogens with two attached hydrogens (primary N) is 1. The highest BCUT2D eigenvalue weighted by Gasteiger charge is 2.30. The molecule has 0 saturated carbocycles. The Kier molecular flexibility index (Phi) is 7.45. The molecular formula is C25H27Cl2N7O3S. The number of sulfone groups is 1. The van der Waals surface area contributed by atoms with E-state index < -0.39 is 15.9 Å². The summed E-state index contributed by atoms with van der Waals surface area (Å²) in [6, 6.07) is 8.08. The van der Waals surface area contributed by atoms with Crippen LogP contribution in [0.2, 0.25) is 10.0 Å². The molecule has 200 valence electrons. The summed E-state index contributed by atoms with van der Waals surface area (Å²) in [4.78, 5) is 31.7. The number of nitrogens with zero attached hydrogens (tertiary/aromatic N) is 4. The minimum Gasteiger partial charge on any atom is -0.359 e. The van der Waals surface area contributed by atoms with Crippen molar-refractivity contribution in [2.75, 3.05) is 30.4 Å². The van der Waals surface area contributed by atoms with E-state index in [1.165, 1.54) is 12.6 Å². The molecule has 3 heterocycles. The van der Waals surface area contributed by atoms with E-state index in [1.54, 1.807) is 35.2 Å². The van der Waals surface area contributed by atoms with E-state index in [-0.39, 0.29) is 29.1 Å². The molecule has 1 amide bonds. The highest BCUT2D eigenvalue weighted by atomic mass is 35.5. The van der Waals surface area contributed by atoms with Crippen molar-refractivity contribution in [2.45, 2.75) is 31.3 Å². The highest BCUT2D eigenvalue weighted by molar-refractivity contribution is 7.90. The smallest absolute Gasteiger partial charge is 0.255 e. The molecule has 1 aliphatic heterocycles. The van der Waals surface area contributed by atoms with Gasteiger partial charge in [0, 0.05) is 35.8 Å². The molecule has 0 radical (unpaired) electrons. The maximum absolute atomic E-state index is 13.3. The van der Waals surface area contributed by atoms with Gasteiger partial charge < -0.3 is 20.9 Å².